The third kappa shape index (κ3) is 5.39. The minimum Gasteiger partial charge on any atom is -0.387 e. The van der Waals surface area contributed by atoms with Crippen LogP contribution >= 0.6 is 0 Å². The highest BCUT2D eigenvalue weighted by Crippen LogP contribution is 2.13. The maximum Gasteiger partial charge on any atom is 0.0991 e. The van der Waals surface area contributed by atoms with Crippen molar-refractivity contribution >= 4 is 0 Å². The van der Waals surface area contributed by atoms with Crippen molar-refractivity contribution in [2.45, 2.75) is 31.9 Å². The van der Waals surface area contributed by atoms with Crippen molar-refractivity contribution in [1.29, 1.82) is 5.26 Å². The number of nitrogens with one attached hydrogen (secondary N) is 1. The Bertz CT molecular complexity index is 392. The van der Waals surface area contributed by atoms with E-state index < -0.39 is 6.10 Å². The maximum absolute atomic E-state index is 10.1. The average Bonchev–Trinajstić information content (AvgIpc) is 2.45. The lowest BCUT2D eigenvalue weighted by Gasteiger charge is -2.19. The summed E-state index contributed by atoms with van der Waals surface area (Å²) in [5.74, 6) is 0. The van der Waals surface area contributed by atoms with E-state index in [0.717, 1.165) is 18.4 Å². The molecule has 1 rings (SSSR count). The molecular formula is C15H22N2O2. The van der Waals surface area contributed by atoms with Gasteiger partial charge < -0.3 is 15.2 Å². The molecule has 0 heterocycles. The first kappa shape index (κ1) is 15.6. The monoisotopic (exact) mass is 262 g/mol. The van der Waals surface area contributed by atoms with E-state index in [0.29, 0.717) is 18.7 Å². The van der Waals surface area contributed by atoms with E-state index in [2.05, 4.69) is 18.3 Å². The Balaban J connectivity index is 2.48. The van der Waals surface area contributed by atoms with Crippen LogP contribution in [0.2, 0.25) is 0 Å². The lowest BCUT2D eigenvalue weighted by atomic mass is 10.1. The highest BCUT2D eigenvalue weighted by atomic mass is 16.5. The first-order chi connectivity index (χ1) is 9.21. The van der Waals surface area contributed by atoms with Gasteiger partial charge in [-0.2, -0.15) is 5.26 Å². The SMILES string of the molecule is CCCC(COC)NCC(O)c1ccc(C#N)cc1. The molecule has 0 amide bonds. The van der Waals surface area contributed by atoms with Gasteiger partial charge in [-0.1, -0.05) is 25.5 Å². The second-order valence-electron chi connectivity index (χ2n) is 4.60. The second kappa shape index (κ2) is 8.65. The van der Waals surface area contributed by atoms with Crippen molar-refractivity contribution in [3.63, 3.8) is 0 Å². The first-order valence-electron chi connectivity index (χ1n) is 6.61. The third-order valence-electron chi connectivity index (χ3n) is 3.03. The summed E-state index contributed by atoms with van der Waals surface area (Å²) in [5, 5.41) is 22.1. The van der Waals surface area contributed by atoms with Crippen LogP contribution in [0.5, 0.6) is 0 Å². The minimum absolute atomic E-state index is 0.267. The van der Waals surface area contributed by atoms with E-state index >= 15 is 0 Å². The van der Waals surface area contributed by atoms with Gasteiger partial charge in [0.05, 0.1) is 24.3 Å². The molecule has 0 aromatic heterocycles. The van der Waals surface area contributed by atoms with Crippen LogP contribution in [0.3, 0.4) is 0 Å². The Kier molecular flexibility index (Phi) is 7.12. The number of ether oxygens (including phenoxy) is 1. The van der Waals surface area contributed by atoms with Gasteiger partial charge in [0.15, 0.2) is 0 Å². The van der Waals surface area contributed by atoms with Gasteiger partial charge in [-0.25, -0.2) is 0 Å². The molecule has 0 aliphatic rings. The number of benzene rings is 1. The zero-order chi connectivity index (χ0) is 14.1. The highest BCUT2D eigenvalue weighted by Gasteiger charge is 2.11. The number of aliphatic hydroxyl groups excluding tert-OH is 1. The zero-order valence-corrected chi connectivity index (χ0v) is 11.6. The molecule has 2 N–H and O–H groups in total. The predicted octanol–water partition coefficient (Wildman–Crippen LogP) is 2.00. The van der Waals surface area contributed by atoms with Crippen molar-refractivity contribution < 1.29 is 9.84 Å². The van der Waals surface area contributed by atoms with Crippen molar-refractivity contribution in [1.82, 2.24) is 5.32 Å². The molecule has 0 saturated heterocycles. The lowest BCUT2D eigenvalue weighted by molar-refractivity contribution is 0.136. The molecule has 0 spiro atoms. The third-order valence-corrected chi connectivity index (χ3v) is 3.03. The Hall–Kier alpha value is -1.41. The lowest BCUT2D eigenvalue weighted by Crippen LogP contribution is -2.36. The van der Waals surface area contributed by atoms with Crippen LogP contribution in [-0.2, 0) is 4.74 Å². The van der Waals surface area contributed by atoms with Crippen molar-refractivity contribution in [3.05, 3.63) is 35.4 Å². The van der Waals surface area contributed by atoms with Crippen LogP contribution in [-0.4, -0.2) is 31.4 Å². The van der Waals surface area contributed by atoms with Crippen LogP contribution in [0.25, 0.3) is 0 Å². The summed E-state index contributed by atoms with van der Waals surface area (Å²) in [6.07, 6.45) is 1.53. The summed E-state index contributed by atoms with van der Waals surface area (Å²) in [5.41, 5.74) is 1.42. The number of nitriles is 1. The van der Waals surface area contributed by atoms with Gasteiger partial charge in [-0.3, -0.25) is 0 Å². The Morgan fingerprint density at radius 3 is 2.58 bits per heavy atom. The fourth-order valence-electron chi connectivity index (χ4n) is 1.97. The van der Waals surface area contributed by atoms with Gasteiger partial charge in [0.2, 0.25) is 0 Å². The fourth-order valence-corrected chi connectivity index (χ4v) is 1.97. The summed E-state index contributed by atoms with van der Waals surface area (Å²) >= 11 is 0. The molecule has 0 aliphatic heterocycles. The average molecular weight is 262 g/mol. The molecular weight excluding hydrogens is 240 g/mol. The number of nitrogens with zero attached hydrogens (tertiary/aromatic N) is 1. The molecule has 0 aliphatic carbocycles. The molecule has 104 valence electrons. The molecule has 2 unspecified atom stereocenters. The summed E-state index contributed by atoms with van der Waals surface area (Å²) in [6.45, 7) is 3.26. The summed E-state index contributed by atoms with van der Waals surface area (Å²) in [7, 11) is 1.68. The van der Waals surface area contributed by atoms with Crippen LogP contribution in [0.15, 0.2) is 24.3 Å². The van der Waals surface area contributed by atoms with Gasteiger partial charge in [0.1, 0.15) is 0 Å². The maximum atomic E-state index is 10.1. The molecule has 0 bridgehead atoms. The van der Waals surface area contributed by atoms with Crippen molar-refractivity contribution in [2.24, 2.45) is 0 Å². The molecule has 19 heavy (non-hydrogen) atoms. The van der Waals surface area contributed by atoms with E-state index in [1.54, 1.807) is 31.4 Å². The summed E-state index contributed by atoms with van der Waals surface area (Å²) < 4.78 is 5.14. The van der Waals surface area contributed by atoms with Crippen molar-refractivity contribution in [2.75, 3.05) is 20.3 Å². The Labute approximate surface area is 115 Å². The molecule has 4 heteroatoms. The molecule has 0 fully saturated rings. The van der Waals surface area contributed by atoms with Gasteiger partial charge in [0, 0.05) is 19.7 Å². The van der Waals surface area contributed by atoms with E-state index in [4.69, 9.17) is 10.00 Å². The minimum atomic E-state index is -0.566. The second-order valence-corrected chi connectivity index (χ2v) is 4.60. The van der Waals surface area contributed by atoms with E-state index in [-0.39, 0.29) is 6.04 Å². The standard InChI is InChI=1S/C15H22N2O2/c1-3-4-14(11-19-2)17-10-15(18)13-7-5-12(9-16)6-8-13/h5-8,14-15,17-18H,3-4,10-11H2,1-2H3. The fraction of sp³-hybridized carbons (Fsp3) is 0.533. The van der Waals surface area contributed by atoms with Crippen LogP contribution in [0.1, 0.15) is 37.0 Å². The summed E-state index contributed by atoms with van der Waals surface area (Å²) in [6, 6.07) is 9.34. The normalized spacial score (nSPS) is 13.8. The summed E-state index contributed by atoms with van der Waals surface area (Å²) in [4.78, 5) is 0. The number of methoxy groups -OCH3 is 1. The number of hydrogen-bond donors (Lipinski definition) is 2. The van der Waals surface area contributed by atoms with Gasteiger partial charge in [-0.05, 0) is 24.1 Å². The predicted molar refractivity (Wildman–Crippen MR) is 74.7 cm³/mol. The van der Waals surface area contributed by atoms with Crippen LogP contribution in [0, 0.1) is 11.3 Å². The van der Waals surface area contributed by atoms with E-state index in [9.17, 15) is 5.11 Å². The van der Waals surface area contributed by atoms with Gasteiger partial charge in [0.25, 0.3) is 0 Å². The molecule has 2 atom stereocenters. The van der Waals surface area contributed by atoms with Gasteiger partial charge in [-0.15, -0.1) is 0 Å². The van der Waals surface area contributed by atoms with Crippen LogP contribution < -0.4 is 5.32 Å². The largest absolute Gasteiger partial charge is 0.387 e. The van der Waals surface area contributed by atoms with E-state index in [1.807, 2.05) is 0 Å². The Morgan fingerprint density at radius 1 is 1.37 bits per heavy atom. The zero-order valence-electron chi connectivity index (χ0n) is 11.6. The molecule has 1 aromatic carbocycles. The molecule has 1 aromatic rings. The quantitative estimate of drug-likeness (QED) is 0.752. The Morgan fingerprint density at radius 2 is 2.05 bits per heavy atom. The van der Waals surface area contributed by atoms with E-state index in [1.165, 1.54) is 0 Å². The number of rotatable bonds is 8. The van der Waals surface area contributed by atoms with Crippen LogP contribution in [0.4, 0.5) is 0 Å². The topological polar surface area (TPSA) is 65.3 Å². The molecule has 0 radical (unpaired) electrons. The molecule has 0 saturated carbocycles. The first-order valence-corrected chi connectivity index (χ1v) is 6.61. The molecule has 4 nitrogen and oxygen atoms in total. The number of aliphatic hydroxyl groups is 1. The van der Waals surface area contributed by atoms with Crippen molar-refractivity contribution in [3.8, 4) is 6.07 Å². The van der Waals surface area contributed by atoms with Gasteiger partial charge >= 0.3 is 0 Å². The number of hydrogen-bond acceptors (Lipinski definition) is 4. The highest BCUT2D eigenvalue weighted by molar-refractivity contribution is 5.32. The smallest absolute Gasteiger partial charge is 0.0991 e.